The highest BCUT2D eigenvalue weighted by Crippen LogP contribution is 2.24. The Kier molecular flexibility index (Phi) is 4.04. The molecule has 0 unspecified atom stereocenters. The van der Waals surface area contributed by atoms with Crippen LogP contribution in [0.2, 0.25) is 0 Å². The Morgan fingerprint density at radius 3 is 2.85 bits per heavy atom. The van der Waals surface area contributed by atoms with Gasteiger partial charge in [-0.25, -0.2) is 4.39 Å². The minimum Gasteiger partial charge on any atom is -0.495 e. The second-order valence-corrected chi connectivity index (χ2v) is 5.89. The molecule has 0 saturated heterocycles. The lowest BCUT2D eigenvalue weighted by atomic mass is 10.1. The average molecular weight is 363 g/mol. The summed E-state index contributed by atoms with van der Waals surface area (Å²) in [5.41, 5.74) is 0.931. The highest BCUT2D eigenvalue weighted by Gasteiger charge is 2.16. The third-order valence-electron chi connectivity index (χ3n) is 4.29. The smallest absolute Gasteiger partial charge is 0.261 e. The molecule has 0 radical (unpaired) electrons. The molecule has 0 aliphatic rings. The van der Waals surface area contributed by atoms with Gasteiger partial charge < -0.3 is 15.0 Å². The molecule has 0 bridgehead atoms. The molecule has 0 aliphatic carbocycles. The maximum Gasteiger partial charge on any atom is 0.261 e. The van der Waals surface area contributed by atoms with Crippen LogP contribution in [-0.2, 0) is 0 Å². The first kappa shape index (κ1) is 16.7. The summed E-state index contributed by atoms with van der Waals surface area (Å²) >= 11 is 0. The maximum absolute atomic E-state index is 13.6. The first-order valence-corrected chi connectivity index (χ1v) is 8.12. The van der Waals surface area contributed by atoms with Gasteiger partial charge in [0.2, 0.25) is 5.43 Å². The van der Waals surface area contributed by atoms with Gasteiger partial charge in [0.25, 0.3) is 5.91 Å². The summed E-state index contributed by atoms with van der Waals surface area (Å²) in [5, 5.41) is 3.45. The number of pyridine rings is 2. The molecular weight excluding hydrogens is 349 g/mol. The molecule has 134 valence electrons. The van der Waals surface area contributed by atoms with E-state index in [1.807, 2.05) is 0 Å². The molecular formula is C20H14FN3O3. The molecule has 0 aliphatic heterocycles. The molecule has 2 aromatic carbocycles. The van der Waals surface area contributed by atoms with E-state index in [2.05, 4.69) is 15.3 Å². The van der Waals surface area contributed by atoms with Crippen molar-refractivity contribution in [2.45, 2.75) is 0 Å². The van der Waals surface area contributed by atoms with Crippen molar-refractivity contribution in [3.8, 4) is 5.75 Å². The number of rotatable bonds is 3. The number of hydrogen-bond acceptors (Lipinski definition) is 4. The molecule has 2 heterocycles. The molecule has 7 heteroatoms. The number of carbonyl (C=O) groups excluding carboxylic acids is 1. The van der Waals surface area contributed by atoms with E-state index in [-0.39, 0.29) is 5.56 Å². The highest BCUT2D eigenvalue weighted by atomic mass is 19.1. The summed E-state index contributed by atoms with van der Waals surface area (Å²) in [6.07, 6.45) is 2.85. The number of anilines is 1. The van der Waals surface area contributed by atoms with Crippen molar-refractivity contribution in [1.82, 2.24) is 9.97 Å². The number of halogens is 1. The van der Waals surface area contributed by atoms with E-state index in [1.54, 1.807) is 24.3 Å². The summed E-state index contributed by atoms with van der Waals surface area (Å²) in [6.45, 7) is 0. The Morgan fingerprint density at radius 1 is 1.19 bits per heavy atom. The third-order valence-corrected chi connectivity index (χ3v) is 4.29. The number of nitrogens with one attached hydrogen (secondary N) is 2. The predicted molar refractivity (Wildman–Crippen MR) is 101 cm³/mol. The number of carbonyl (C=O) groups is 1. The normalized spacial score (nSPS) is 10.9. The number of nitrogens with zero attached hydrogens (tertiary/aromatic N) is 1. The van der Waals surface area contributed by atoms with Gasteiger partial charge >= 0.3 is 0 Å². The number of ether oxygens (including phenoxy) is 1. The number of H-pyrrole nitrogens is 1. The zero-order valence-electron chi connectivity index (χ0n) is 14.2. The Bertz CT molecular complexity index is 1250. The fraction of sp³-hybridized carbons (Fsp3) is 0.0500. The van der Waals surface area contributed by atoms with Gasteiger partial charge in [0.1, 0.15) is 17.1 Å². The van der Waals surface area contributed by atoms with Gasteiger partial charge in [-0.3, -0.25) is 14.6 Å². The van der Waals surface area contributed by atoms with E-state index in [4.69, 9.17) is 4.74 Å². The zero-order chi connectivity index (χ0) is 19.0. The van der Waals surface area contributed by atoms with Crippen LogP contribution < -0.4 is 15.5 Å². The van der Waals surface area contributed by atoms with Crippen molar-refractivity contribution in [2.24, 2.45) is 0 Å². The van der Waals surface area contributed by atoms with Crippen molar-refractivity contribution in [2.75, 3.05) is 12.4 Å². The monoisotopic (exact) mass is 363 g/mol. The topological polar surface area (TPSA) is 84.1 Å². The first-order chi connectivity index (χ1) is 13.1. The number of para-hydroxylation sites is 1. The second-order valence-electron chi connectivity index (χ2n) is 5.89. The molecule has 4 rings (SSSR count). The Morgan fingerprint density at radius 2 is 2.04 bits per heavy atom. The molecule has 0 spiro atoms. The summed E-state index contributed by atoms with van der Waals surface area (Å²) in [4.78, 5) is 32.5. The van der Waals surface area contributed by atoms with Gasteiger partial charge in [-0.05, 0) is 36.4 Å². The Balaban J connectivity index is 1.77. The van der Waals surface area contributed by atoms with E-state index < -0.39 is 17.2 Å². The minimum absolute atomic E-state index is 0.0582. The van der Waals surface area contributed by atoms with E-state index in [9.17, 15) is 14.0 Å². The number of aromatic nitrogens is 2. The molecule has 27 heavy (non-hydrogen) atoms. The third kappa shape index (κ3) is 2.89. The lowest BCUT2D eigenvalue weighted by Crippen LogP contribution is -2.22. The molecule has 0 atom stereocenters. The van der Waals surface area contributed by atoms with E-state index in [0.29, 0.717) is 33.2 Å². The van der Waals surface area contributed by atoms with Crippen molar-refractivity contribution in [3.63, 3.8) is 0 Å². The molecule has 4 aromatic rings. The predicted octanol–water partition coefficient (Wildman–Crippen LogP) is 3.48. The molecule has 0 saturated carbocycles. The molecule has 2 aromatic heterocycles. The minimum atomic E-state index is -0.599. The summed E-state index contributed by atoms with van der Waals surface area (Å²) in [6, 6.07) is 10.7. The highest BCUT2D eigenvalue weighted by molar-refractivity contribution is 6.09. The summed E-state index contributed by atoms with van der Waals surface area (Å²) in [5.74, 6) is -0.536. The van der Waals surface area contributed by atoms with Crippen LogP contribution in [0, 0.1) is 5.82 Å². The van der Waals surface area contributed by atoms with Crippen LogP contribution in [0.1, 0.15) is 10.4 Å². The number of methoxy groups -OCH3 is 1. The molecule has 6 nitrogen and oxygen atoms in total. The summed E-state index contributed by atoms with van der Waals surface area (Å²) < 4.78 is 18.8. The number of amides is 1. The quantitative estimate of drug-likeness (QED) is 0.584. The lowest BCUT2D eigenvalue weighted by Gasteiger charge is -2.10. The Labute approximate surface area is 152 Å². The largest absolute Gasteiger partial charge is 0.495 e. The number of hydrogen-bond donors (Lipinski definition) is 2. The first-order valence-electron chi connectivity index (χ1n) is 8.12. The van der Waals surface area contributed by atoms with Crippen molar-refractivity contribution in [3.05, 3.63) is 76.5 Å². The van der Waals surface area contributed by atoms with E-state index in [1.165, 1.54) is 37.7 Å². The van der Waals surface area contributed by atoms with Crippen LogP contribution in [-0.4, -0.2) is 23.0 Å². The van der Waals surface area contributed by atoms with Gasteiger partial charge in [-0.15, -0.1) is 0 Å². The van der Waals surface area contributed by atoms with Crippen molar-refractivity contribution >= 4 is 33.4 Å². The molecule has 2 N–H and O–H groups in total. The van der Waals surface area contributed by atoms with Crippen molar-refractivity contribution in [1.29, 1.82) is 0 Å². The van der Waals surface area contributed by atoms with Crippen LogP contribution >= 0.6 is 0 Å². The standard InChI is InChI=1S/C20H14FN3O3/c1-27-17-4-2-3-12-18(17)23-10-14(19(12)25)20(26)24-16-7-8-22-15-6-5-11(21)9-13(15)16/h2-10H,1H3,(H,23,25)(H,22,24,26). The molecule has 0 fully saturated rings. The van der Waals surface area contributed by atoms with Crippen molar-refractivity contribution < 1.29 is 13.9 Å². The van der Waals surface area contributed by atoms with Crippen LogP contribution in [0.5, 0.6) is 5.75 Å². The lowest BCUT2D eigenvalue weighted by molar-refractivity contribution is 0.102. The van der Waals surface area contributed by atoms with E-state index >= 15 is 0 Å². The van der Waals surface area contributed by atoms with Crippen LogP contribution in [0.25, 0.3) is 21.8 Å². The fourth-order valence-corrected chi connectivity index (χ4v) is 2.98. The zero-order valence-corrected chi connectivity index (χ0v) is 14.2. The van der Waals surface area contributed by atoms with E-state index in [0.717, 1.165) is 0 Å². The number of fused-ring (bicyclic) bond motifs is 2. The van der Waals surface area contributed by atoms with Gasteiger partial charge in [0, 0.05) is 17.8 Å². The second kappa shape index (κ2) is 6.53. The Hall–Kier alpha value is -3.74. The van der Waals surface area contributed by atoms with Gasteiger partial charge in [-0.1, -0.05) is 6.07 Å². The van der Waals surface area contributed by atoms with Crippen LogP contribution in [0.3, 0.4) is 0 Å². The van der Waals surface area contributed by atoms with Crippen LogP contribution in [0.15, 0.2) is 59.7 Å². The van der Waals surface area contributed by atoms with Gasteiger partial charge in [-0.2, -0.15) is 0 Å². The van der Waals surface area contributed by atoms with Gasteiger partial charge in [0.05, 0.1) is 29.2 Å². The summed E-state index contributed by atoms with van der Waals surface area (Å²) in [7, 11) is 1.50. The maximum atomic E-state index is 13.6. The number of benzene rings is 2. The number of aromatic amines is 1. The molecule has 1 amide bonds. The fourth-order valence-electron chi connectivity index (χ4n) is 2.98. The average Bonchev–Trinajstić information content (AvgIpc) is 2.68. The van der Waals surface area contributed by atoms with Crippen LogP contribution in [0.4, 0.5) is 10.1 Å². The van der Waals surface area contributed by atoms with Gasteiger partial charge in [0.15, 0.2) is 0 Å². The SMILES string of the molecule is COc1cccc2c(=O)c(C(=O)Nc3ccnc4ccc(F)cc34)c[nH]c12.